The van der Waals surface area contributed by atoms with Crippen molar-refractivity contribution >= 4 is 35.1 Å². The summed E-state index contributed by atoms with van der Waals surface area (Å²) in [4.78, 5) is 20.8. The third-order valence-electron chi connectivity index (χ3n) is 4.51. The average Bonchev–Trinajstić information content (AvgIpc) is 3.03. The number of carbonyl (C=O) groups is 1. The highest BCUT2D eigenvalue weighted by molar-refractivity contribution is 7.99. The number of benzene rings is 1. The molecule has 0 saturated heterocycles. The predicted molar refractivity (Wildman–Crippen MR) is 109 cm³/mol. The normalized spacial score (nSPS) is 13.5. The lowest BCUT2D eigenvalue weighted by Gasteiger charge is -2.29. The number of para-hydroxylation sites is 1. The van der Waals surface area contributed by atoms with E-state index in [1.54, 1.807) is 29.7 Å². The molecule has 0 radical (unpaired) electrons. The Balaban J connectivity index is 1.61. The van der Waals surface area contributed by atoms with Gasteiger partial charge in [-0.15, -0.1) is 23.5 Å². The Kier molecular flexibility index (Phi) is 5.22. The van der Waals surface area contributed by atoms with Gasteiger partial charge in [-0.1, -0.05) is 17.3 Å². The second-order valence-electron chi connectivity index (χ2n) is 6.22. The molecule has 0 atom stereocenters. The number of nitrogens with zero attached hydrogens (tertiary/aromatic N) is 3. The van der Waals surface area contributed by atoms with Gasteiger partial charge >= 0.3 is 0 Å². The van der Waals surface area contributed by atoms with Gasteiger partial charge in [0.25, 0.3) is 5.91 Å². The standard InChI is InChI=1S/C20H19N3O2S2/c1-13-16(14(2)25-22-13)12-27-19-15(6-5-9-21-19)20(24)23-10-11-26-18-8-4-3-7-17(18)23/h3-9H,10-12H2,1-2H3. The van der Waals surface area contributed by atoms with Gasteiger partial charge in [0.15, 0.2) is 0 Å². The molecular formula is C20H19N3O2S2. The zero-order valence-electron chi connectivity index (χ0n) is 15.1. The van der Waals surface area contributed by atoms with Gasteiger partial charge in [-0.05, 0) is 38.1 Å². The fourth-order valence-electron chi connectivity index (χ4n) is 3.04. The molecule has 0 bridgehead atoms. The lowest BCUT2D eigenvalue weighted by molar-refractivity contribution is 0.0984. The van der Waals surface area contributed by atoms with E-state index in [-0.39, 0.29) is 5.91 Å². The zero-order valence-corrected chi connectivity index (χ0v) is 16.8. The molecule has 7 heteroatoms. The maximum absolute atomic E-state index is 13.3. The van der Waals surface area contributed by atoms with Crippen molar-refractivity contribution in [2.75, 3.05) is 17.2 Å². The molecule has 3 aromatic rings. The van der Waals surface area contributed by atoms with Crippen LogP contribution >= 0.6 is 23.5 Å². The van der Waals surface area contributed by atoms with Gasteiger partial charge in [-0.3, -0.25) is 4.79 Å². The van der Waals surface area contributed by atoms with Gasteiger partial charge in [0, 0.05) is 34.7 Å². The minimum Gasteiger partial charge on any atom is -0.361 e. The number of rotatable bonds is 4. The summed E-state index contributed by atoms with van der Waals surface area (Å²) in [5.41, 5.74) is 3.55. The van der Waals surface area contributed by atoms with Crippen LogP contribution in [-0.4, -0.2) is 28.3 Å². The van der Waals surface area contributed by atoms with Crippen molar-refractivity contribution in [3.8, 4) is 0 Å². The molecule has 1 aliphatic rings. The number of hydrogen-bond acceptors (Lipinski definition) is 6. The molecule has 1 aliphatic heterocycles. The van der Waals surface area contributed by atoms with Gasteiger partial charge in [-0.2, -0.15) is 0 Å². The SMILES string of the molecule is Cc1noc(C)c1CSc1ncccc1C(=O)N1CCSc2ccccc21. The molecule has 1 amide bonds. The number of amides is 1. The van der Waals surface area contributed by atoms with Crippen molar-refractivity contribution in [1.82, 2.24) is 10.1 Å². The van der Waals surface area contributed by atoms with E-state index in [1.165, 1.54) is 0 Å². The molecule has 0 unspecified atom stereocenters. The third-order valence-corrected chi connectivity index (χ3v) is 6.58. The van der Waals surface area contributed by atoms with Gasteiger partial charge in [0.1, 0.15) is 10.8 Å². The number of fused-ring (bicyclic) bond motifs is 1. The number of hydrogen-bond donors (Lipinski definition) is 0. The molecule has 2 aromatic heterocycles. The van der Waals surface area contributed by atoms with Crippen LogP contribution < -0.4 is 4.90 Å². The number of anilines is 1. The summed E-state index contributed by atoms with van der Waals surface area (Å²) in [5.74, 6) is 2.37. The van der Waals surface area contributed by atoms with E-state index in [0.717, 1.165) is 38.4 Å². The van der Waals surface area contributed by atoms with E-state index in [1.807, 2.05) is 49.1 Å². The third kappa shape index (κ3) is 3.61. The summed E-state index contributed by atoms with van der Waals surface area (Å²) >= 11 is 3.33. The van der Waals surface area contributed by atoms with Crippen molar-refractivity contribution in [2.24, 2.45) is 0 Å². The first-order chi connectivity index (χ1) is 13.1. The summed E-state index contributed by atoms with van der Waals surface area (Å²) in [6.07, 6.45) is 1.73. The molecule has 0 saturated carbocycles. The molecule has 138 valence electrons. The van der Waals surface area contributed by atoms with Crippen LogP contribution in [-0.2, 0) is 5.75 Å². The van der Waals surface area contributed by atoms with Crippen LogP contribution in [0.4, 0.5) is 5.69 Å². The van der Waals surface area contributed by atoms with Crippen molar-refractivity contribution < 1.29 is 9.32 Å². The van der Waals surface area contributed by atoms with Crippen LogP contribution in [0.25, 0.3) is 0 Å². The van der Waals surface area contributed by atoms with Crippen molar-refractivity contribution in [1.29, 1.82) is 0 Å². The molecule has 0 aliphatic carbocycles. The van der Waals surface area contributed by atoms with Crippen molar-refractivity contribution in [3.05, 3.63) is 65.2 Å². The van der Waals surface area contributed by atoms with Crippen LogP contribution in [0.2, 0.25) is 0 Å². The monoisotopic (exact) mass is 397 g/mol. The molecule has 27 heavy (non-hydrogen) atoms. The average molecular weight is 398 g/mol. The highest BCUT2D eigenvalue weighted by Crippen LogP contribution is 2.36. The smallest absolute Gasteiger partial charge is 0.261 e. The molecule has 1 aromatic carbocycles. The maximum atomic E-state index is 13.3. The lowest BCUT2D eigenvalue weighted by Crippen LogP contribution is -2.35. The summed E-state index contributed by atoms with van der Waals surface area (Å²) in [7, 11) is 0. The molecule has 3 heterocycles. The second-order valence-corrected chi connectivity index (χ2v) is 8.32. The van der Waals surface area contributed by atoms with Crippen LogP contribution in [0.15, 0.2) is 57.0 Å². The minimum absolute atomic E-state index is 0.00267. The quantitative estimate of drug-likeness (QED) is 0.593. The Morgan fingerprint density at radius 2 is 2.11 bits per heavy atom. The summed E-state index contributed by atoms with van der Waals surface area (Å²) in [6, 6.07) is 11.7. The van der Waals surface area contributed by atoms with E-state index < -0.39 is 0 Å². The molecule has 4 rings (SSSR count). The van der Waals surface area contributed by atoms with E-state index in [2.05, 4.69) is 16.2 Å². The highest BCUT2D eigenvalue weighted by atomic mass is 32.2. The van der Waals surface area contributed by atoms with Gasteiger partial charge in [-0.25, -0.2) is 4.98 Å². The number of pyridine rings is 1. The van der Waals surface area contributed by atoms with Gasteiger partial charge < -0.3 is 9.42 Å². The van der Waals surface area contributed by atoms with Gasteiger partial charge in [0.2, 0.25) is 0 Å². The van der Waals surface area contributed by atoms with E-state index in [0.29, 0.717) is 17.9 Å². The molecule has 5 nitrogen and oxygen atoms in total. The highest BCUT2D eigenvalue weighted by Gasteiger charge is 2.26. The Hall–Kier alpha value is -2.25. The fourth-order valence-corrected chi connectivity index (χ4v) is 5.18. The molecule has 0 fully saturated rings. The van der Waals surface area contributed by atoms with E-state index in [9.17, 15) is 4.79 Å². The van der Waals surface area contributed by atoms with Crippen LogP contribution in [0.5, 0.6) is 0 Å². The fraction of sp³-hybridized carbons (Fsp3) is 0.250. The number of aromatic nitrogens is 2. The Bertz CT molecular complexity index is 967. The number of aryl methyl sites for hydroxylation is 2. The molecule has 0 N–H and O–H groups in total. The van der Waals surface area contributed by atoms with Crippen molar-refractivity contribution in [3.63, 3.8) is 0 Å². The first-order valence-electron chi connectivity index (χ1n) is 8.68. The topological polar surface area (TPSA) is 59.2 Å². The van der Waals surface area contributed by atoms with Gasteiger partial charge in [0.05, 0.1) is 16.9 Å². The largest absolute Gasteiger partial charge is 0.361 e. The Morgan fingerprint density at radius 3 is 2.93 bits per heavy atom. The minimum atomic E-state index is -0.00267. The number of carbonyl (C=O) groups excluding carboxylic acids is 1. The summed E-state index contributed by atoms with van der Waals surface area (Å²) in [6.45, 7) is 4.53. The van der Waals surface area contributed by atoms with E-state index >= 15 is 0 Å². The maximum Gasteiger partial charge on any atom is 0.261 e. The summed E-state index contributed by atoms with van der Waals surface area (Å²) < 4.78 is 5.23. The summed E-state index contributed by atoms with van der Waals surface area (Å²) in [5, 5.41) is 4.73. The Morgan fingerprint density at radius 1 is 1.26 bits per heavy atom. The second kappa shape index (κ2) is 7.78. The predicted octanol–water partition coefficient (Wildman–Crippen LogP) is 4.73. The number of thioether (sulfide) groups is 2. The van der Waals surface area contributed by atoms with Crippen LogP contribution in [0, 0.1) is 13.8 Å². The lowest BCUT2D eigenvalue weighted by atomic mass is 10.2. The van der Waals surface area contributed by atoms with E-state index in [4.69, 9.17) is 4.52 Å². The molecule has 0 spiro atoms. The first-order valence-corrected chi connectivity index (χ1v) is 10.7. The molecular weight excluding hydrogens is 378 g/mol. The Labute approximate surface area is 166 Å². The zero-order chi connectivity index (χ0) is 18.8. The van der Waals surface area contributed by atoms with Crippen LogP contribution in [0.3, 0.4) is 0 Å². The van der Waals surface area contributed by atoms with Crippen LogP contribution in [0.1, 0.15) is 27.4 Å². The first kappa shape index (κ1) is 18.1. The van der Waals surface area contributed by atoms with Crippen molar-refractivity contribution in [2.45, 2.75) is 29.5 Å².